The van der Waals surface area contributed by atoms with E-state index in [9.17, 15) is 13.6 Å². The Balaban J connectivity index is 2.82. The molecular formula is C12H15F2NO. The van der Waals surface area contributed by atoms with Crippen molar-refractivity contribution in [3.05, 3.63) is 35.4 Å². The molecule has 0 aromatic heterocycles. The molecule has 0 aliphatic carbocycles. The van der Waals surface area contributed by atoms with Crippen LogP contribution in [0.3, 0.4) is 0 Å². The molecule has 1 rings (SSSR count). The lowest BCUT2D eigenvalue weighted by atomic mass is 9.85. The van der Waals surface area contributed by atoms with Crippen LogP contribution in [0.2, 0.25) is 0 Å². The number of carbonyl (C=O) groups is 1. The Kier molecular flexibility index (Phi) is 3.75. The van der Waals surface area contributed by atoms with Crippen molar-refractivity contribution in [2.45, 2.75) is 20.3 Å². The number of hydrogen-bond donors (Lipinski definition) is 1. The molecule has 2 N–H and O–H groups in total. The summed E-state index contributed by atoms with van der Waals surface area (Å²) in [7, 11) is 0. The van der Waals surface area contributed by atoms with Gasteiger partial charge in [0, 0.05) is 18.4 Å². The van der Waals surface area contributed by atoms with Gasteiger partial charge in [-0.3, -0.25) is 4.79 Å². The van der Waals surface area contributed by atoms with E-state index < -0.39 is 17.0 Å². The van der Waals surface area contributed by atoms with E-state index in [1.807, 2.05) is 0 Å². The van der Waals surface area contributed by atoms with Crippen LogP contribution in [0.25, 0.3) is 0 Å². The Hall–Kier alpha value is -1.29. The lowest BCUT2D eigenvalue weighted by Crippen LogP contribution is -2.33. The number of halogens is 2. The van der Waals surface area contributed by atoms with Crippen LogP contribution >= 0.6 is 0 Å². The molecule has 0 bridgehead atoms. The topological polar surface area (TPSA) is 43.1 Å². The first kappa shape index (κ1) is 12.8. The maximum Gasteiger partial charge on any atom is 0.159 e. The minimum Gasteiger partial charge on any atom is -0.329 e. The molecule has 4 heteroatoms. The molecule has 0 atom stereocenters. The molecule has 0 saturated heterocycles. The number of rotatable bonds is 4. The summed E-state index contributed by atoms with van der Waals surface area (Å²) < 4.78 is 25.6. The van der Waals surface area contributed by atoms with Gasteiger partial charge in [0.25, 0.3) is 0 Å². The summed E-state index contributed by atoms with van der Waals surface area (Å²) in [4.78, 5) is 11.8. The van der Waals surface area contributed by atoms with Crippen LogP contribution in [0.4, 0.5) is 8.78 Å². The molecule has 0 fully saturated rings. The van der Waals surface area contributed by atoms with E-state index in [1.54, 1.807) is 13.8 Å². The summed E-state index contributed by atoms with van der Waals surface area (Å²) in [5.41, 5.74) is 5.29. The van der Waals surface area contributed by atoms with Crippen molar-refractivity contribution in [2.75, 3.05) is 6.54 Å². The van der Waals surface area contributed by atoms with Crippen LogP contribution in [-0.2, 0) is 11.2 Å². The zero-order valence-corrected chi connectivity index (χ0v) is 9.39. The molecule has 0 saturated carbocycles. The van der Waals surface area contributed by atoms with Crippen molar-refractivity contribution in [3.8, 4) is 0 Å². The van der Waals surface area contributed by atoms with Crippen molar-refractivity contribution in [3.63, 3.8) is 0 Å². The van der Waals surface area contributed by atoms with E-state index in [-0.39, 0.29) is 18.7 Å². The second-order valence-corrected chi connectivity index (χ2v) is 4.44. The van der Waals surface area contributed by atoms with Crippen molar-refractivity contribution >= 4 is 5.78 Å². The summed E-state index contributed by atoms with van der Waals surface area (Å²) in [6.45, 7) is 3.69. The zero-order valence-electron chi connectivity index (χ0n) is 9.39. The number of hydrogen-bond acceptors (Lipinski definition) is 2. The summed E-state index contributed by atoms with van der Waals surface area (Å²) in [5.74, 6) is -1.92. The highest BCUT2D eigenvalue weighted by atomic mass is 19.2. The number of ketones is 1. The Morgan fingerprint density at radius 3 is 2.44 bits per heavy atom. The largest absolute Gasteiger partial charge is 0.329 e. The molecule has 0 radical (unpaired) electrons. The van der Waals surface area contributed by atoms with Crippen LogP contribution in [0, 0.1) is 17.0 Å². The van der Waals surface area contributed by atoms with Gasteiger partial charge in [0.1, 0.15) is 5.78 Å². The number of Topliss-reactive ketones (excluding diaryl/α,β-unsaturated/α-hetero) is 1. The second-order valence-electron chi connectivity index (χ2n) is 4.44. The van der Waals surface area contributed by atoms with Crippen molar-refractivity contribution in [1.82, 2.24) is 0 Å². The van der Waals surface area contributed by atoms with Crippen LogP contribution in [0.15, 0.2) is 18.2 Å². The molecule has 1 aromatic rings. The Labute approximate surface area is 93.5 Å². The van der Waals surface area contributed by atoms with Gasteiger partial charge in [-0.05, 0) is 17.7 Å². The molecule has 16 heavy (non-hydrogen) atoms. The quantitative estimate of drug-likeness (QED) is 0.855. The summed E-state index contributed by atoms with van der Waals surface area (Å²) in [6, 6.07) is 3.47. The first-order valence-electron chi connectivity index (χ1n) is 5.04. The van der Waals surface area contributed by atoms with Gasteiger partial charge < -0.3 is 5.73 Å². The van der Waals surface area contributed by atoms with E-state index in [4.69, 9.17) is 5.73 Å². The van der Waals surface area contributed by atoms with Gasteiger partial charge in [-0.1, -0.05) is 19.9 Å². The smallest absolute Gasteiger partial charge is 0.159 e. The fraction of sp³-hybridized carbons (Fsp3) is 0.417. The van der Waals surface area contributed by atoms with E-state index in [2.05, 4.69) is 0 Å². The summed E-state index contributed by atoms with van der Waals surface area (Å²) in [6.07, 6.45) is 0.0708. The number of benzene rings is 1. The lowest BCUT2D eigenvalue weighted by Gasteiger charge is -2.20. The number of nitrogens with two attached hydrogens (primary N) is 1. The molecule has 0 unspecified atom stereocenters. The molecule has 0 aliphatic heterocycles. The van der Waals surface area contributed by atoms with Gasteiger partial charge in [0.2, 0.25) is 0 Å². The van der Waals surface area contributed by atoms with Gasteiger partial charge >= 0.3 is 0 Å². The monoisotopic (exact) mass is 227 g/mol. The van der Waals surface area contributed by atoms with Gasteiger partial charge in [0.05, 0.1) is 0 Å². The molecule has 88 valence electrons. The average molecular weight is 227 g/mol. The van der Waals surface area contributed by atoms with Crippen LogP contribution in [0.5, 0.6) is 0 Å². The van der Waals surface area contributed by atoms with E-state index in [0.717, 1.165) is 12.1 Å². The average Bonchev–Trinajstić information content (AvgIpc) is 2.23. The number of carbonyl (C=O) groups excluding carboxylic acids is 1. The highest BCUT2D eigenvalue weighted by Crippen LogP contribution is 2.18. The maximum absolute atomic E-state index is 12.9. The van der Waals surface area contributed by atoms with Gasteiger partial charge in [-0.2, -0.15) is 0 Å². The van der Waals surface area contributed by atoms with E-state index in [1.165, 1.54) is 6.07 Å². The molecule has 0 aliphatic rings. The van der Waals surface area contributed by atoms with Crippen molar-refractivity contribution < 1.29 is 13.6 Å². The van der Waals surface area contributed by atoms with Crippen LogP contribution in [0.1, 0.15) is 19.4 Å². The fourth-order valence-electron chi connectivity index (χ4n) is 1.19. The lowest BCUT2D eigenvalue weighted by molar-refractivity contribution is -0.125. The van der Waals surface area contributed by atoms with Crippen LogP contribution in [-0.4, -0.2) is 12.3 Å². The highest BCUT2D eigenvalue weighted by molar-refractivity contribution is 5.86. The zero-order chi connectivity index (χ0) is 12.3. The normalized spacial score (nSPS) is 11.6. The van der Waals surface area contributed by atoms with E-state index >= 15 is 0 Å². The third kappa shape index (κ3) is 2.85. The predicted molar refractivity (Wildman–Crippen MR) is 57.9 cm³/mol. The van der Waals surface area contributed by atoms with Gasteiger partial charge in [-0.15, -0.1) is 0 Å². The summed E-state index contributed by atoms with van der Waals surface area (Å²) >= 11 is 0. The molecule has 1 aromatic carbocycles. The first-order chi connectivity index (χ1) is 7.36. The molecule has 0 spiro atoms. The highest BCUT2D eigenvalue weighted by Gasteiger charge is 2.25. The minimum atomic E-state index is -0.934. The molecule has 0 heterocycles. The first-order valence-corrected chi connectivity index (χ1v) is 5.04. The summed E-state index contributed by atoms with van der Waals surface area (Å²) in [5, 5.41) is 0. The van der Waals surface area contributed by atoms with Gasteiger partial charge in [0.15, 0.2) is 11.6 Å². The second kappa shape index (κ2) is 4.70. The fourth-order valence-corrected chi connectivity index (χ4v) is 1.19. The Morgan fingerprint density at radius 2 is 1.94 bits per heavy atom. The Morgan fingerprint density at radius 1 is 1.31 bits per heavy atom. The van der Waals surface area contributed by atoms with Gasteiger partial charge in [-0.25, -0.2) is 8.78 Å². The van der Waals surface area contributed by atoms with Crippen molar-refractivity contribution in [2.24, 2.45) is 11.1 Å². The molecular weight excluding hydrogens is 212 g/mol. The standard InChI is InChI=1S/C12H15F2NO/c1-12(2,7-15)11(16)6-8-3-4-9(13)10(14)5-8/h3-5H,6-7,15H2,1-2H3. The predicted octanol–water partition coefficient (Wildman–Crippen LogP) is 2.06. The third-order valence-electron chi connectivity index (χ3n) is 2.61. The maximum atomic E-state index is 12.9. The molecule has 0 amide bonds. The minimum absolute atomic E-state index is 0.0708. The van der Waals surface area contributed by atoms with Crippen LogP contribution < -0.4 is 5.73 Å². The third-order valence-corrected chi connectivity index (χ3v) is 2.61. The van der Waals surface area contributed by atoms with Crippen molar-refractivity contribution in [1.29, 1.82) is 0 Å². The van der Waals surface area contributed by atoms with E-state index in [0.29, 0.717) is 5.56 Å². The SMILES string of the molecule is CC(C)(CN)C(=O)Cc1ccc(F)c(F)c1. The molecule has 2 nitrogen and oxygen atoms in total. The Bertz CT molecular complexity index is 402.